The average Bonchev–Trinajstić information content (AvgIpc) is 3.20. The molecular weight excluding hydrogens is 354 g/mol. The molecule has 0 bridgehead atoms. The normalized spacial score (nSPS) is 15.4. The monoisotopic (exact) mass is 373 g/mol. The Morgan fingerprint density at radius 1 is 1.44 bits per heavy atom. The molecule has 0 spiro atoms. The summed E-state index contributed by atoms with van der Waals surface area (Å²) in [4.78, 5) is 35.2. The third-order valence-electron chi connectivity index (χ3n) is 4.64. The Balaban J connectivity index is 1.66. The zero-order valence-corrected chi connectivity index (χ0v) is 15.7. The maximum absolute atomic E-state index is 12.5. The lowest BCUT2D eigenvalue weighted by Crippen LogP contribution is -2.31. The predicted molar refractivity (Wildman–Crippen MR) is 101 cm³/mol. The highest BCUT2D eigenvalue weighted by atomic mass is 32.1. The van der Waals surface area contributed by atoms with Crippen molar-refractivity contribution in [2.75, 3.05) is 0 Å². The summed E-state index contributed by atoms with van der Waals surface area (Å²) in [5.74, 6) is 0.873. The summed E-state index contributed by atoms with van der Waals surface area (Å²) in [6.45, 7) is 3.96. The van der Waals surface area contributed by atoms with E-state index < -0.39 is 0 Å². The first kappa shape index (κ1) is 16.5. The molecule has 3 aromatic rings. The third kappa shape index (κ3) is 3.26. The van der Waals surface area contributed by atoms with Crippen LogP contribution in [0.2, 0.25) is 0 Å². The molecule has 4 rings (SSSR count). The Labute approximate surface area is 153 Å². The number of carbonyl (C=O) groups excluding carboxylic acids is 1. The number of amides is 1. The van der Waals surface area contributed by atoms with Crippen molar-refractivity contribution in [1.29, 1.82) is 0 Å². The molecule has 7 heteroatoms. The number of rotatable bonds is 5. The average molecular weight is 374 g/mol. The van der Waals surface area contributed by atoms with Crippen LogP contribution < -0.4 is 10.9 Å². The molecule has 3 heterocycles. The van der Waals surface area contributed by atoms with E-state index in [0.717, 1.165) is 33.0 Å². The van der Waals surface area contributed by atoms with Gasteiger partial charge in [0.25, 0.3) is 5.56 Å². The fourth-order valence-corrected chi connectivity index (χ4v) is 4.76. The van der Waals surface area contributed by atoms with Crippen LogP contribution in [0.5, 0.6) is 0 Å². The van der Waals surface area contributed by atoms with Crippen LogP contribution in [0.1, 0.15) is 40.0 Å². The summed E-state index contributed by atoms with van der Waals surface area (Å²) < 4.78 is 0. The summed E-state index contributed by atoms with van der Waals surface area (Å²) in [5, 5.41) is 5.81. The van der Waals surface area contributed by atoms with Crippen molar-refractivity contribution >= 4 is 38.8 Å². The number of carbonyl (C=O) groups is 1. The number of nitrogens with one attached hydrogen (secondary N) is 2. The maximum atomic E-state index is 12.5. The molecule has 1 unspecified atom stereocenters. The topological polar surface area (TPSA) is 74.8 Å². The smallest absolute Gasteiger partial charge is 0.259 e. The van der Waals surface area contributed by atoms with Gasteiger partial charge in [0.2, 0.25) is 5.91 Å². The number of aromatic nitrogens is 2. The lowest BCUT2D eigenvalue weighted by molar-refractivity contribution is -0.123. The summed E-state index contributed by atoms with van der Waals surface area (Å²) in [5.41, 5.74) is 0.900. The first-order valence-corrected chi connectivity index (χ1v) is 10.0. The van der Waals surface area contributed by atoms with E-state index in [4.69, 9.17) is 0 Å². The molecule has 0 aromatic carbocycles. The van der Waals surface area contributed by atoms with Gasteiger partial charge in [-0.2, -0.15) is 0 Å². The highest BCUT2D eigenvalue weighted by Crippen LogP contribution is 2.31. The molecule has 0 radical (unpaired) electrons. The lowest BCUT2D eigenvalue weighted by atomic mass is 10.1. The maximum Gasteiger partial charge on any atom is 0.259 e. The second-order valence-electron chi connectivity index (χ2n) is 6.53. The molecule has 130 valence electrons. The Morgan fingerprint density at radius 3 is 2.92 bits per heavy atom. The third-order valence-corrected chi connectivity index (χ3v) is 6.72. The second-order valence-corrected chi connectivity index (χ2v) is 8.71. The predicted octanol–water partition coefficient (Wildman–Crippen LogP) is 3.47. The molecule has 5 nitrogen and oxygen atoms in total. The Kier molecular flexibility index (Phi) is 4.21. The molecule has 1 amide bonds. The SMILES string of the molecule is Cc1sc2nc(CC(NC(=O)C3CC3)c3cccs3)[nH]c(=O)c2c1C. The van der Waals surface area contributed by atoms with Crippen molar-refractivity contribution in [2.24, 2.45) is 5.92 Å². The molecule has 2 N–H and O–H groups in total. The van der Waals surface area contributed by atoms with Crippen LogP contribution in [0.25, 0.3) is 10.2 Å². The zero-order valence-electron chi connectivity index (χ0n) is 14.1. The van der Waals surface area contributed by atoms with E-state index >= 15 is 0 Å². The van der Waals surface area contributed by atoms with Gasteiger partial charge >= 0.3 is 0 Å². The summed E-state index contributed by atoms with van der Waals surface area (Å²) in [7, 11) is 0. The summed E-state index contributed by atoms with van der Waals surface area (Å²) in [6, 6.07) is 3.83. The standard InChI is InChI=1S/C18H19N3O2S2/c1-9-10(2)25-18-15(9)17(23)20-14(21-18)8-12(13-4-3-7-24-13)19-16(22)11-5-6-11/h3-4,7,11-12H,5-6,8H2,1-2H3,(H,19,22)(H,20,21,23). The van der Waals surface area contributed by atoms with Crippen molar-refractivity contribution < 1.29 is 4.79 Å². The Bertz CT molecular complexity index is 984. The highest BCUT2D eigenvalue weighted by molar-refractivity contribution is 7.18. The van der Waals surface area contributed by atoms with E-state index in [1.165, 1.54) is 0 Å². The number of hydrogen-bond donors (Lipinski definition) is 2. The van der Waals surface area contributed by atoms with E-state index in [0.29, 0.717) is 17.6 Å². The van der Waals surface area contributed by atoms with Crippen LogP contribution >= 0.6 is 22.7 Å². The lowest BCUT2D eigenvalue weighted by Gasteiger charge is -2.17. The molecule has 1 aliphatic rings. The van der Waals surface area contributed by atoms with Crippen molar-refractivity contribution in [3.63, 3.8) is 0 Å². The molecule has 0 aliphatic heterocycles. The number of hydrogen-bond acceptors (Lipinski definition) is 5. The molecule has 25 heavy (non-hydrogen) atoms. The number of thiophene rings is 2. The van der Waals surface area contributed by atoms with Crippen molar-refractivity contribution in [2.45, 2.75) is 39.2 Å². The van der Waals surface area contributed by atoms with Gasteiger partial charge in [-0.3, -0.25) is 9.59 Å². The van der Waals surface area contributed by atoms with Gasteiger partial charge in [0.1, 0.15) is 10.7 Å². The van der Waals surface area contributed by atoms with Gasteiger partial charge in [-0.25, -0.2) is 4.98 Å². The van der Waals surface area contributed by atoms with E-state index in [2.05, 4.69) is 15.3 Å². The van der Waals surface area contributed by atoms with Crippen LogP contribution in [0.15, 0.2) is 22.3 Å². The van der Waals surface area contributed by atoms with Gasteiger partial charge in [0.05, 0.1) is 11.4 Å². The van der Waals surface area contributed by atoms with Crippen molar-refractivity contribution in [3.05, 3.63) is 49.0 Å². The number of fused-ring (bicyclic) bond motifs is 1. The molecular formula is C18H19N3O2S2. The largest absolute Gasteiger partial charge is 0.348 e. The minimum atomic E-state index is -0.157. The van der Waals surface area contributed by atoms with Crippen molar-refractivity contribution in [3.8, 4) is 0 Å². The van der Waals surface area contributed by atoms with Crippen LogP contribution in [-0.2, 0) is 11.2 Å². The van der Waals surface area contributed by atoms with Crippen LogP contribution in [0, 0.1) is 19.8 Å². The number of aryl methyl sites for hydroxylation is 2. The summed E-state index contributed by atoms with van der Waals surface area (Å²) >= 11 is 3.15. The Morgan fingerprint density at radius 2 is 2.24 bits per heavy atom. The Hall–Kier alpha value is -1.99. The van der Waals surface area contributed by atoms with Crippen LogP contribution in [-0.4, -0.2) is 15.9 Å². The molecule has 1 atom stereocenters. The van der Waals surface area contributed by atoms with Crippen molar-refractivity contribution in [1.82, 2.24) is 15.3 Å². The van der Waals surface area contributed by atoms with Gasteiger partial charge in [-0.1, -0.05) is 6.07 Å². The fraction of sp³-hybridized carbons (Fsp3) is 0.389. The van der Waals surface area contributed by atoms with Gasteiger partial charge in [0, 0.05) is 22.1 Å². The minimum Gasteiger partial charge on any atom is -0.348 e. The first-order chi connectivity index (χ1) is 12.0. The van der Waals surface area contributed by atoms with Gasteiger partial charge < -0.3 is 10.3 Å². The molecule has 1 aliphatic carbocycles. The molecule has 0 saturated heterocycles. The quantitative estimate of drug-likeness (QED) is 0.719. The zero-order chi connectivity index (χ0) is 17.6. The van der Waals surface area contributed by atoms with E-state index in [1.54, 1.807) is 22.7 Å². The second kappa shape index (κ2) is 6.38. The summed E-state index contributed by atoms with van der Waals surface area (Å²) in [6.07, 6.45) is 2.43. The minimum absolute atomic E-state index is 0.0969. The van der Waals surface area contributed by atoms with Gasteiger partial charge in [-0.15, -0.1) is 22.7 Å². The number of aromatic amines is 1. The molecule has 3 aromatic heterocycles. The molecule has 1 saturated carbocycles. The fourth-order valence-electron chi connectivity index (χ4n) is 2.94. The first-order valence-electron chi connectivity index (χ1n) is 8.35. The number of nitrogens with zero attached hydrogens (tertiary/aromatic N) is 1. The van der Waals surface area contributed by atoms with Crippen LogP contribution in [0.4, 0.5) is 0 Å². The van der Waals surface area contributed by atoms with E-state index in [1.807, 2.05) is 31.4 Å². The molecule has 1 fully saturated rings. The van der Waals surface area contributed by atoms with E-state index in [-0.39, 0.29) is 23.4 Å². The van der Waals surface area contributed by atoms with Crippen LogP contribution in [0.3, 0.4) is 0 Å². The highest BCUT2D eigenvalue weighted by Gasteiger charge is 2.31. The van der Waals surface area contributed by atoms with Gasteiger partial charge in [-0.05, 0) is 43.7 Å². The number of H-pyrrole nitrogens is 1. The van der Waals surface area contributed by atoms with E-state index in [9.17, 15) is 9.59 Å². The van der Waals surface area contributed by atoms with Gasteiger partial charge in [0.15, 0.2) is 0 Å².